The molecule has 0 spiro atoms. The summed E-state index contributed by atoms with van der Waals surface area (Å²) in [6.07, 6.45) is 0.850. The number of amides is 2. The maximum Gasteiger partial charge on any atom is 0.255 e. The van der Waals surface area contributed by atoms with Crippen molar-refractivity contribution in [3.8, 4) is 0 Å². The Kier molecular flexibility index (Phi) is 4.72. The van der Waals surface area contributed by atoms with E-state index in [2.05, 4.69) is 10.6 Å². The van der Waals surface area contributed by atoms with Gasteiger partial charge in [-0.3, -0.25) is 9.59 Å². The number of hydrogen-bond acceptors (Lipinski definition) is 2. The van der Waals surface area contributed by atoms with Crippen molar-refractivity contribution in [3.63, 3.8) is 0 Å². The van der Waals surface area contributed by atoms with Gasteiger partial charge in [-0.2, -0.15) is 0 Å². The van der Waals surface area contributed by atoms with Gasteiger partial charge in [0.15, 0.2) is 0 Å². The van der Waals surface area contributed by atoms with Gasteiger partial charge in [0.05, 0.1) is 0 Å². The molecule has 0 fully saturated rings. The van der Waals surface area contributed by atoms with Crippen LogP contribution >= 0.6 is 0 Å². The molecule has 0 atom stereocenters. The standard InChI is InChI=1S/C17H18N2O2/c1-3-13-7-4-5-10-16(13)19-17(21)14-8-6-9-15(11-14)18-12(2)20/h4-11H,3H2,1-2H3,(H,18,20)(H,19,21). The van der Waals surface area contributed by atoms with Crippen LogP contribution in [0.4, 0.5) is 11.4 Å². The van der Waals surface area contributed by atoms with Gasteiger partial charge in [0, 0.05) is 23.9 Å². The number of para-hydroxylation sites is 1. The Bertz CT molecular complexity index is 665. The van der Waals surface area contributed by atoms with Gasteiger partial charge in [-0.15, -0.1) is 0 Å². The Balaban J connectivity index is 2.18. The van der Waals surface area contributed by atoms with E-state index in [0.717, 1.165) is 17.7 Å². The zero-order chi connectivity index (χ0) is 15.2. The van der Waals surface area contributed by atoms with Crippen LogP contribution in [0, 0.1) is 0 Å². The third-order valence-electron chi connectivity index (χ3n) is 3.09. The van der Waals surface area contributed by atoms with E-state index in [-0.39, 0.29) is 11.8 Å². The van der Waals surface area contributed by atoms with Gasteiger partial charge in [-0.1, -0.05) is 31.2 Å². The fourth-order valence-corrected chi connectivity index (χ4v) is 2.09. The number of nitrogens with one attached hydrogen (secondary N) is 2. The lowest BCUT2D eigenvalue weighted by atomic mass is 10.1. The van der Waals surface area contributed by atoms with Crippen LogP contribution in [-0.2, 0) is 11.2 Å². The fraction of sp³-hybridized carbons (Fsp3) is 0.176. The van der Waals surface area contributed by atoms with Crippen LogP contribution in [-0.4, -0.2) is 11.8 Å². The van der Waals surface area contributed by atoms with Crippen LogP contribution in [0.1, 0.15) is 29.8 Å². The molecule has 0 aromatic heterocycles. The zero-order valence-electron chi connectivity index (χ0n) is 12.1. The molecular formula is C17H18N2O2. The first-order valence-corrected chi connectivity index (χ1v) is 6.87. The molecule has 0 radical (unpaired) electrons. The molecule has 0 saturated heterocycles. The maximum absolute atomic E-state index is 12.3. The molecule has 0 aliphatic heterocycles. The summed E-state index contributed by atoms with van der Waals surface area (Å²) in [6, 6.07) is 14.6. The third-order valence-corrected chi connectivity index (χ3v) is 3.09. The molecule has 0 aliphatic carbocycles. The maximum atomic E-state index is 12.3. The van der Waals surface area contributed by atoms with Gasteiger partial charge in [-0.25, -0.2) is 0 Å². The predicted molar refractivity (Wildman–Crippen MR) is 84.5 cm³/mol. The molecule has 0 aliphatic rings. The summed E-state index contributed by atoms with van der Waals surface area (Å²) in [6.45, 7) is 3.48. The lowest BCUT2D eigenvalue weighted by Gasteiger charge is -2.10. The monoisotopic (exact) mass is 282 g/mol. The SMILES string of the molecule is CCc1ccccc1NC(=O)c1cccc(NC(C)=O)c1. The largest absolute Gasteiger partial charge is 0.326 e. The smallest absolute Gasteiger partial charge is 0.255 e. The highest BCUT2D eigenvalue weighted by Gasteiger charge is 2.09. The molecule has 2 N–H and O–H groups in total. The number of anilines is 2. The zero-order valence-corrected chi connectivity index (χ0v) is 12.1. The summed E-state index contributed by atoms with van der Waals surface area (Å²) in [4.78, 5) is 23.4. The Morgan fingerprint density at radius 2 is 1.76 bits per heavy atom. The van der Waals surface area contributed by atoms with Gasteiger partial charge < -0.3 is 10.6 Å². The van der Waals surface area contributed by atoms with E-state index in [1.165, 1.54) is 6.92 Å². The molecule has 2 amide bonds. The molecule has 0 heterocycles. The second-order valence-corrected chi connectivity index (χ2v) is 4.73. The van der Waals surface area contributed by atoms with Crippen molar-refractivity contribution in [1.82, 2.24) is 0 Å². The quantitative estimate of drug-likeness (QED) is 0.902. The minimum absolute atomic E-state index is 0.163. The van der Waals surface area contributed by atoms with E-state index >= 15 is 0 Å². The van der Waals surface area contributed by atoms with E-state index in [9.17, 15) is 9.59 Å². The van der Waals surface area contributed by atoms with Crippen molar-refractivity contribution in [1.29, 1.82) is 0 Å². The molecule has 2 rings (SSSR count). The fourth-order valence-electron chi connectivity index (χ4n) is 2.09. The van der Waals surface area contributed by atoms with Crippen molar-refractivity contribution in [3.05, 3.63) is 59.7 Å². The lowest BCUT2D eigenvalue weighted by Crippen LogP contribution is -2.14. The number of aryl methyl sites for hydroxylation is 1. The van der Waals surface area contributed by atoms with Crippen molar-refractivity contribution in [2.45, 2.75) is 20.3 Å². The first-order chi connectivity index (χ1) is 10.1. The molecule has 0 unspecified atom stereocenters. The second kappa shape index (κ2) is 6.70. The van der Waals surface area contributed by atoms with Gasteiger partial charge >= 0.3 is 0 Å². The van der Waals surface area contributed by atoms with Crippen LogP contribution in [0.25, 0.3) is 0 Å². The summed E-state index contributed by atoms with van der Waals surface area (Å²) in [5.74, 6) is -0.355. The van der Waals surface area contributed by atoms with Crippen LogP contribution in [0.5, 0.6) is 0 Å². The van der Waals surface area contributed by atoms with Crippen molar-refractivity contribution >= 4 is 23.2 Å². The summed E-state index contributed by atoms with van der Waals surface area (Å²) in [5, 5.41) is 5.57. The van der Waals surface area contributed by atoms with Gasteiger partial charge in [0.1, 0.15) is 0 Å². The molecule has 4 heteroatoms. The summed E-state index contributed by atoms with van der Waals surface area (Å²) >= 11 is 0. The minimum atomic E-state index is -0.192. The van der Waals surface area contributed by atoms with Gasteiger partial charge in [0.25, 0.3) is 5.91 Å². The second-order valence-electron chi connectivity index (χ2n) is 4.73. The number of rotatable bonds is 4. The Morgan fingerprint density at radius 1 is 1.00 bits per heavy atom. The predicted octanol–water partition coefficient (Wildman–Crippen LogP) is 3.46. The van der Waals surface area contributed by atoms with Gasteiger partial charge in [0.2, 0.25) is 5.91 Å². The number of benzene rings is 2. The first-order valence-electron chi connectivity index (χ1n) is 6.87. The van der Waals surface area contributed by atoms with Crippen LogP contribution in [0.2, 0.25) is 0 Å². The molecule has 21 heavy (non-hydrogen) atoms. The van der Waals surface area contributed by atoms with Crippen LogP contribution < -0.4 is 10.6 Å². The summed E-state index contributed by atoms with van der Waals surface area (Å²) < 4.78 is 0. The molecule has 2 aromatic carbocycles. The topological polar surface area (TPSA) is 58.2 Å². The molecule has 4 nitrogen and oxygen atoms in total. The molecule has 108 valence electrons. The van der Waals surface area contributed by atoms with E-state index in [4.69, 9.17) is 0 Å². The van der Waals surface area contributed by atoms with E-state index in [1.807, 2.05) is 31.2 Å². The average Bonchev–Trinajstić information content (AvgIpc) is 2.47. The van der Waals surface area contributed by atoms with E-state index in [0.29, 0.717) is 11.3 Å². The number of carbonyl (C=O) groups is 2. The van der Waals surface area contributed by atoms with Crippen LogP contribution in [0.3, 0.4) is 0 Å². The first kappa shape index (κ1) is 14.8. The molecule has 2 aromatic rings. The van der Waals surface area contributed by atoms with E-state index in [1.54, 1.807) is 24.3 Å². The highest BCUT2D eigenvalue weighted by molar-refractivity contribution is 6.05. The lowest BCUT2D eigenvalue weighted by molar-refractivity contribution is -0.114. The van der Waals surface area contributed by atoms with Gasteiger partial charge in [-0.05, 0) is 36.2 Å². The average molecular weight is 282 g/mol. The highest BCUT2D eigenvalue weighted by Crippen LogP contribution is 2.18. The van der Waals surface area contributed by atoms with Crippen molar-refractivity contribution < 1.29 is 9.59 Å². The van der Waals surface area contributed by atoms with Crippen molar-refractivity contribution in [2.24, 2.45) is 0 Å². The normalized spacial score (nSPS) is 10.0. The number of hydrogen-bond donors (Lipinski definition) is 2. The Hall–Kier alpha value is -2.62. The molecule has 0 saturated carbocycles. The minimum Gasteiger partial charge on any atom is -0.326 e. The van der Waals surface area contributed by atoms with Crippen LogP contribution in [0.15, 0.2) is 48.5 Å². The summed E-state index contributed by atoms with van der Waals surface area (Å²) in [5.41, 5.74) is 3.02. The molecule has 0 bridgehead atoms. The third kappa shape index (κ3) is 3.92. The summed E-state index contributed by atoms with van der Waals surface area (Å²) in [7, 11) is 0. The van der Waals surface area contributed by atoms with E-state index < -0.39 is 0 Å². The molecular weight excluding hydrogens is 264 g/mol. The Labute approximate surface area is 124 Å². The Morgan fingerprint density at radius 3 is 2.48 bits per heavy atom. The van der Waals surface area contributed by atoms with Crippen molar-refractivity contribution in [2.75, 3.05) is 10.6 Å². The highest BCUT2D eigenvalue weighted by atomic mass is 16.2. The number of carbonyl (C=O) groups excluding carboxylic acids is 2.